The lowest BCUT2D eigenvalue weighted by molar-refractivity contribution is 0.0534. The molecule has 22 heavy (non-hydrogen) atoms. The molecule has 0 unspecified atom stereocenters. The van der Waals surface area contributed by atoms with Gasteiger partial charge in [-0.1, -0.05) is 53.7 Å². The minimum atomic E-state index is -1.77. The first-order valence-corrected chi connectivity index (χ1v) is 14.5. The lowest BCUT2D eigenvalue weighted by Gasteiger charge is -2.45. The average molecular weight is 343 g/mol. The summed E-state index contributed by atoms with van der Waals surface area (Å²) in [4.78, 5) is 0. The first kappa shape index (κ1) is 20.1. The SMILES string of the molecule is CC(C)(C)[Si](C)(C)O[C@H]1CCC=C[C@H]1O[Si](C)(C)C(C)(C)C. The monoisotopic (exact) mass is 342 g/mol. The van der Waals surface area contributed by atoms with Gasteiger partial charge in [-0.15, -0.1) is 0 Å². The zero-order chi connectivity index (χ0) is 17.4. The van der Waals surface area contributed by atoms with Crippen LogP contribution in [0.1, 0.15) is 54.4 Å². The van der Waals surface area contributed by atoms with Gasteiger partial charge in [0.05, 0.1) is 12.2 Å². The Hall–Kier alpha value is 0.0938. The van der Waals surface area contributed by atoms with Gasteiger partial charge in [-0.2, -0.15) is 0 Å². The van der Waals surface area contributed by atoms with Crippen molar-refractivity contribution >= 4 is 16.6 Å². The van der Waals surface area contributed by atoms with Gasteiger partial charge < -0.3 is 8.85 Å². The topological polar surface area (TPSA) is 18.5 Å². The highest BCUT2D eigenvalue weighted by atomic mass is 28.4. The number of allylic oxidation sites excluding steroid dienone is 1. The van der Waals surface area contributed by atoms with Crippen molar-refractivity contribution in [2.24, 2.45) is 0 Å². The van der Waals surface area contributed by atoms with Crippen molar-refractivity contribution in [1.82, 2.24) is 0 Å². The summed E-state index contributed by atoms with van der Waals surface area (Å²) >= 11 is 0. The van der Waals surface area contributed by atoms with E-state index >= 15 is 0 Å². The van der Waals surface area contributed by atoms with Gasteiger partial charge in [0.15, 0.2) is 16.6 Å². The van der Waals surface area contributed by atoms with Crippen molar-refractivity contribution in [3.63, 3.8) is 0 Å². The summed E-state index contributed by atoms with van der Waals surface area (Å²) in [5.41, 5.74) is 0. The van der Waals surface area contributed by atoms with E-state index in [1.165, 1.54) is 0 Å². The molecule has 0 heterocycles. The van der Waals surface area contributed by atoms with E-state index in [1.807, 2.05) is 0 Å². The van der Waals surface area contributed by atoms with Crippen molar-refractivity contribution in [3.8, 4) is 0 Å². The lowest BCUT2D eigenvalue weighted by atomic mass is 10.0. The van der Waals surface area contributed by atoms with Crippen molar-refractivity contribution in [1.29, 1.82) is 0 Å². The molecule has 0 amide bonds. The Kier molecular flexibility index (Phi) is 5.98. The molecule has 2 nitrogen and oxygen atoms in total. The van der Waals surface area contributed by atoms with E-state index in [9.17, 15) is 0 Å². The van der Waals surface area contributed by atoms with Gasteiger partial charge in [0.25, 0.3) is 0 Å². The van der Waals surface area contributed by atoms with Gasteiger partial charge in [-0.3, -0.25) is 0 Å². The van der Waals surface area contributed by atoms with Crippen LogP contribution in [0.2, 0.25) is 36.3 Å². The lowest BCUT2D eigenvalue weighted by Crippen LogP contribution is -2.51. The minimum absolute atomic E-state index is 0.128. The van der Waals surface area contributed by atoms with Crippen LogP contribution in [0.4, 0.5) is 0 Å². The van der Waals surface area contributed by atoms with Crippen LogP contribution in [0.25, 0.3) is 0 Å². The van der Waals surface area contributed by atoms with Crippen LogP contribution in [-0.4, -0.2) is 28.8 Å². The van der Waals surface area contributed by atoms with Crippen LogP contribution in [0.5, 0.6) is 0 Å². The van der Waals surface area contributed by atoms with E-state index in [4.69, 9.17) is 8.85 Å². The van der Waals surface area contributed by atoms with E-state index in [0.717, 1.165) is 12.8 Å². The summed E-state index contributed by atoms with van der Waals surface area (Å²) in [6.07, 6.45) is 7.06. The molecule has 0 bridgehead atoms. The fraction of sp³-hybridized carbons (Fsp3) is 0.889. The Morgan fingerprint density at radius 2 is 1.27 bits per heavy atom. The number of hydrogen-bond donors (Lipinski definition) is 0. The Balaban J connectivity index is 2.89. The zero-order valence-corrected chi connectivity index (χ0v) is 18.5. The highest BCUT2D eigenvalue weighted by Gasteiger charge is 2.44. The molecule has 4 heteroatoms. The maximum Gasteiger partial charge on any atom is 0.193 e. The molecule has 0 N–H and O–H groups in total. The van der Waals surface area contributed by atoms with Crippen LogP contribution >= 0.6 is 0 Å². The summed E-state index contributed by atoms with van der Waals surface area (Å²) < 4.78 is 13.4. The van der Waals surface area contributed by atoms with Crippen molar-refractivity contribution in [2.45, 2.75) is 103 Å². The molecule has 1 rings (SSSR count). The zero-order valence-electron chi connectivity index (χ0n) is 16.5. The second-order valence-electron chi connectivity index (χ2n) is 9.76. The fourth-order valence-electron chi connectivity index (χ4n) is 2.09. The summed E-state index contributed by atoms with van der Waals surface area (Å²) in [6.45, 7) is 23.2. The van der Waals surface area contributed by atoms with Crippen LogP contribution in [0, 0.1) is 0 Å². The highest BCUT2D eigenvalue weighted by Crippen LogP contribution is 2.41. The van der Waals surface area contributed by atoms with E-state index in [2.05, 4.69) is 79.9 Å². The summed E-state index contributed by atoms with van der Waals surface area (Å²) in [5, 5.41) is 0.482. The first-order valence-electron chi connectivity index (χ1n) is 8.70. The molecule has 0 aromatic carbocycles. The van der Waals surface area contributed by atoms with Crippen LogP contribution in [0.3, 0.4) is 0 Å². The molecule has 2 atom stereocenters. The Morgan fingerprint density at radius 3 is 1.73 bits per heavy atom. The maximum atomic E-state index is 6.70. The second kappa shape index (κ2) is 6.54. The number of rotatable bonds is 4. The molecule has 1 aliphatic rings. The molecule has 0 radical (unpaired) electrons. The van der Waals surface area contributed by atoms with E-state index in [1.54, 1.807) is 0 Å². The second-order valence-corrected chi connectivity index (χ2v) is 19.3. The van der Waals surface area contributed by atoms with E-state index in [-0.39, 0.29) is 22.3 Å². The van der Waals surface area contributed by atoms with Gasteiger partial charge in [-0.25, -0.2) is 0 Å². The Morgan fingerprint density at radius 1 is 0.818 bits per heavy atom. The Bertz CT molecular complexity index is 400. The molecule has 0 aliphatic heterocycles. The predicted octanol–water partition coefficient (Wildman–Crippen LogP) is 6.12. The third-order valence-electron chi connectivity index (χ3n) is 5.80. The van der Waals surface area contributed by atoms with Gasteiger partial charge >= 0.3 is 0 Å². The highest BCUT2D eigenvalue weighted by molar-refractivity contribution is 6.74. The molecule has 1 aliphatic carbocycles. The molecule has 0 aromatic rings. The van der Waals surface area contributed by atoms with E-state index < -0.39 is 16.6 Å². The van der Waals surface area contributed by atoms with Gasteiger partial charge in [0.2, 0.25) is 0 Å². The van der Waals surface area contributed by atoms with Gasteiger partial charge in [0.1, 0.15) is 0 Å². The largest absolute Gasteiger partial charge is 0.411 e. The van der Waals surface area contributed by atoms with Crippen LogP contribution in [-0.2, 0) is 8.85 Å². The minimum Gasteiger partial charge on any atom is -0.411 e. The van der Waals surface area contributed by atoms with Crippen LogP contribution in [0.15, 0.2) is 12.2 Å². The molecule has 130 valence electrons. The Labute approximate surface area is 140 Å². The van der Waals surface area contributed by atoms with E-state index in [0.29, 0.717) is 0 Å². The average Bonchev–Trinajstić information content (AvgIpc) is 2.28. The molecule has 0 fully saturated rings. The van der Waals surface area contributed by atoms with Crippen LogP contribution < -0.4 is 0 Å². The molecule has 0 saturated heterocycles. The van der Waals surface area contributed by atoms with Gasteiger partial charge in [0, 0.05) is 0 Å². The third-order valence-corrected chi connectivity index (χ3v) is 14.8. The molecule has 0 spiro atoms. The maximum absolute atomic E-state index is 6.70. The molecular formula is C18H38O2Si2. The third kappa shape index (κ3) is 4.79. The van der Waals surface area contributed by atoms with Crippen molar-refractivity contribution in [3.05, 3.63) is 12.2 Å². The normalized spacial score (nSPS) is 24.6. The summed E-state index contributed by atoms with van der Waals surface area (Å²) in [6, 6.07) is 0. The molecular weight excluding hydrogens is 304 g/mol. The van der Waals surface area contributed by atoms with Gasteiger partial charge in [-0.05, 0) is 49.1 Å². The van der Waals surface area contributed by atoms with Crippen molar-refractivity contribution in [2.75, 3.05) is 0 Å². The fourth-order valence-corrected chi connectivity index (χ4v) is 4.72. The first-order chi connectivity index (χ1) is 9.67. The molecule has 0 saturated carbocycles. The summed E-state index contributed by atoms with van der Waals surface area (Å²) in [5.74, 6) is 0. The summed E-state index contributed by atoms with van der Waals surface area (Å²) in [7, 11) is -3.52. The van der Waals surface area contributed by atoms with Crippen molar-refractivity contribution < 1.29 is 8.85 Å². The standard InChI is InChI=1S/C18H38O2Si2/c1-17(2,3)21(7,8)19-15-13-11-12-14-16(15)20-22(9,10)18(4,5)6/h11,13,15-16H,12,14H2,1-10H3/t15-,16+/m1/s1. The smallest absolute Gasteiger partial charge is 0.193 e. The predicted molar refractivity (Wildman–Crippen MR) is 103 cm³/mol. The molecule has 0 aromatic heterocycles. The quantitative estimate of drug-likeness (QED) is 0.453. The number of hydrogen-bond acceptors (Lipinski definition) is 2.